The van der Waals surface area contributed by atoms with E-state index in [1.54, 1.807) is 18.2 Å². The maximum absolute atomic E-state index is 12.2. The zero-order chi connectivity index (χ0) is 18.8. The molecule has 27 heavy (non-hydrogen) atoms. The number of phenols is 1. The Morgan fingerprint density at radius 1 is 1.22 bits per heavy atom. The highest BCUT2D eigenvalue weighted by molar-refractivity contribution is 6.03. The SMILES string of the molecule is Cc1ccc(-c2cc(C(=O)NN=Cc3c(O)ccc4ccccc34)n[nH]2)o1. The van der Waals surface area contributed by atoms with Gasteiger partial charge < -0.3 is 9.52 Å². The van der Waals surface area contributed by atoms with Gasteiger partial charge in [-0.15, -0.1) is 0 Å². The van der Waals surface area contributed by atoms with E-state index in [0.29, 0.717) is 17.0 Å². The minimum absolute atomic E-state index is 0.0851. The second-order valence-electron chi connectivity index (χ2n) is 6.00. The first-order valence-electron chi connectivity index (χ1n) is 8.28. The number of benzene rings is 2. The Balaban J connectivity index is 1.52. The van der Waals surface area contributed by atoms with Crippen LogP contribution in [0.5, 0.6) is 5.75 Å². The van der Waals surface area contributed by atoms with Crippen molar-refractivity contribution < 1.29 is 14.3 Å². The molecular formula is C20H16N4O3. The van der Waals surface area contributed by atoms with E-state index in [4.69, 9.17) is 4.42 Å². The van der Waals surface area contributed by atoms with Crippen molar-refractivity contribution in [3.63, 3.8) is 0 Å². The van der Waals surface area contributed by atoms with Gasteiger partial charge in [0.05, 0.1) is 6.21 Å². The van der Waals surface area contributed by atoms with Gasteiger partial charge in [0.2, 0.25) is 0 Å². The Morgan fingerprint density at radius 3 is 2.89 bits per heavy atom. The summed E-state index contributed by atoms with van der Waals surface area (Å²) in [5.74, 6) is 0.979. The number of rotatable bonds is 4. The molecule has 0 saturated carbocycles. The molecule has 7 heteroatoms. The molecule has 0 fully saturated rings. The molecule has 2 heterocycles. The number of aromatic hydroxyl groups is 1. The second kappa shape index (κ2) is 6.80. The molecule has 3 N–H and O–H groups in total. The molecule has 2 aromatic heterocycles. The Morgan fingerprint density at radius 2 is 2.07 bits per heavy atom. The third-order valence-electron chi connectivity index (χ3n) is 4.12. The molecule has 0 unspecified atom stereocenters. The quantitative estimate of drug-likeness (QED) is 0.382. The van der Waals surface area contributed by atoms with Crippen LogP contribution in [0, 0.1) is 6.92 Å². The summed E-state index contributed by atoms with van der Waals surface area (Å²) in [5.41, 5.74) is 3.73. The topological polar surface area (TPSA) is 104 Å². The van der Waals surface area contributed by atoms with Crippen molar-refractivity contribution in [2.45, 2.75) is 6.92 Å². The predicted octanol–water partition coefficient (Wildman–Crippen LogP) is 3.60. The number of aryl methyl sites for hydroxylation is 1. The maximum Gasteiger partial charge on any atom is 0.291 e. The minimum atomic E-state index is -0.475. The van der Waals surface area contributed by atoms with E-state index in [9.17, 15) is 9.90 Å². The lowest BCUT2D eigenvalue weighted by Crippen LogP contribution is -2.18. The molecule has 134 valence electrons. The number of hydrogen-bond acceptors (Lipinski definition) is 5. The molecule has 0 aliphatic heterocycles. The summed E-state index contributed by atoms with van der Waals surface area (Å²) < 4.78 is 5.50. The second-order valence-corrected chi connectivity index (χ2v) is 6.00. The molecule has 7 nitrogen and oxygen atoms in total. The van der Waals surface area contributed by atoms with Crippen LogP contribution in [0.25, 0.3) is 22.2 Å². The number of amides is 1. The van der Waals surface area contributed by atoms with Gasteiger partial charge in [0.25, 0.3) is 5.91 Å². The summed E-state index contributed by atoms with van der Waals surface area (Å²) in [6, 6.07) is 16.2. The van der Waals surface area contributed by atoms with Crippen molar-refractivity contribution in [3.8, 4) is 17.2 Å². The van der Waals surface area contributed by atoms with E-state index in [2.05, 4.69) is 20.7 Å². The number of aromatic amines is 1. The number of phenolic OH excluding ortho intramolecular Hbond substituents is 1. The molecule has 0 atom stereocenters. The van der Waals surface area contributed by atoms with Crippen molar-refractivity contribution in [1.82, 2.24) is 15.6 Å². The van der Waals surface area contributed by atoms with Crippen molar-refractivity contribution in [2.24, 2.45) is 5.10 Å². The summed E-state index contributed by atoms with van der Waals surface area (Å²) in [6.45, 7) is 1.84. The monoisotopic (exact) mass is 360 g/mol. The van der Waals surface area contributed by atoms with Crippen LogP contribution in [0.2, 0.25) is 0 Å². The molecule has 0 aliphatic carbocycles. The van der Waals surface area contributed by atoms with Crippen LogP contribution in [-0.4, -0.2) is 27.4 Å². The molecule has 4 aromatic rings. The normalized spacial score (nSPS) is 11.3. The van der Waals surface area contributed by atoms with Crippen molar-refractivity contribution in [1.29, 1.82) is 0 Å². The summed E-state index contributed by atoms with van der Waals surface area (Å²) in [5, 5.41) is 22.6. The van der Waals surface area contributed by atoms with Crippen LogP contribution < -0.4 is 5.43 Å². The third kappa shape index (κ3) is 3.30. The van der Waals surface area contributed by atoms with Gasteiger partial charge in [0.1, 0.15) is 17.2 Å². The molecule has 4 rings (SSSR count). The first-order valence-corrected chi connectivity index (χ1v) is 8.28. The molecule has 1 amide bonds. The van der Waals surface area contributed by atoms with E-state index in [-0.39, 0.29) is 11.4 Å². The number of carbonyl (C=O) groups excluding carboxylic acids is 1. The van der Waals surface area contributed by atoms with Crippen LogP contribution in [0.3, 0.4) is 0 Å². The molecule has 0 aliphatic rings. The Labute approximate surface area is 154 Å². The maximum atomic E-state index is 12.2. The van der Waals surface area contributed by atoms with Crippen molar-refractivity contribution in [2.75, 3.05) is 0 Å². The van der Waals surface area contributed by atoms with Crippen molar-refractivity contribution in [3.05, 3.63) is 71.6 Å². The summed E-state index contributed by atoms with van der Waals surface area (Å²) in [7, 11) is 0. The smallest absolute Gasteiger partial charge is 0.291 e. The number of H-pyrrole nitrogens is 1. The predicted molar refractivity (Wildman–Crippen MR) is 102 cm³/mol. The molecule has 0 radical (unpaired) electrons. The van der Waals surface area contributed by atoms with Crippen LogP contribution >= 0.6 is 0 Å². The molecule has 0 spiro atoms. The first-order chi connectivity index (χ1) is 13.1. The van der Waals surface area contributed by atoms with E-state index in [1.165, 1.54) is 6.21 Å². The van der Waals surface area contributed by atoms with Crippen LogP contribution in [0.4, 0.5) is 0 Å². The number of nitrogens with one attached hydrogen (secondary N) is 2. The van der Waals surface area contributed by atoms with E-state index >= 15 is 0 Å². The number of furan rings is 1. The van der Waals surface area contributed by atoms with Gasteiger partial charge in [0.15, 0.2) is 11.5 Å². The molecule has 0 saturated heterocycles. The number of aromatic nitrogens is 2. The highest BCUT2D eigenvalue weighted by Crippen LogP contribution is 2.25. The zero-order valence-corrected chi connectivity index (χ0v) is 14.4. The summed E-state index contributed by atoms with van der Waals surface area (Å²) in [6.07, 6.45) is 1.42. The lowest BCUT2D eigenvalue weighted by molar-refractivity contribution is 0.0950. The number of hydrogen-bond donors (Lipinski definition) is 3. The standard InChI is InChI=1S/C20H16N4O3/c1-12-6-9-19(27-12)16-10-17(23-22-16)20(26)24-21-11-15-14-5-3-2-4-13(14)7-8-18(15)25/h2-11,25H,1H3,(H,22,23)(H,24,26). The zero-order valence-electron chi connectivity index (χ0n) is 14.4. The van der Waals surface area contributed by atoms with Gasteiger partial charge in [-0.25, -0.2) is 5.43 Å². The number of fused-ring (bicyclic) bond motifs is 1. The third-order valence-corrected chi connectivity index (χ3v) is 4.12. The Hall–Kier alpha value is -3.87. The highest BCUT2D eigenvalue weighted by atomic mass is 16.3. The number of carbonyl (C=O) groups is 1. The molecular weight excluding hydrogens is 344 g/mol. The first kappa shape index (κ1) is 16.6. The average molecular weight is 360 g/mol. The van der Waals surface area contributed by atoms with E-state index in [1.807, 2.05) is 43.3 Å². The highest BCUT2D eigenvalue weighted by Gasteiger charge is 2.13. The van der Waals surface area contributed by atoms with Gasteiger partial charge in [-0.2, -0.15) is 10.2 Å². The van der Waals surface area contributed by atoms with Gasteiger partial charge in [0, 0.05) is 11.6 Å². The van der Waals surface area contributed by atoms with Crippen LogP contribution in [0.15, 0.2) is 64.1 Å². The number of hydrazone groups is 1. The Kier molecular flexibility index (Phi) is 4.18. The van der Waals surface area contributed by atoms with Gasteiger partial charge >= 0.3 is 0 Å². The summed E-state index contributed by atoms with van der Waals surface area (Å²) >= 11 is 0. The lowest BCUT2D eigenvalue weighted by Gasteiger charge is -2.04. The van der Waals surface area contributed by atoms with Gasteiger partial charge in [-0.1, -0.05) is 30.3 Å². The fraction of sp³-hybridized carbons (Fsp3) is 0.0500. The van der Waals surface area contributed by atoms with Gasteiger partial charge in [-0.05, 0) is 35.9 Å². The van der Waals surface area contributed by atoms with E-state index in [0.717, 1.165) is 16.5 Å². The Bertz CT molecular complexity index is 1160. The summed E-state index contributed by atoms with van der Waals surface area (Å²) in [4.78, 5) is 12.2. The van der Waals surface area contributed by atoms with Crippen LogP contribution in [-0.2, 0) is 0 Å². The lowest BCUT2D eigenvalue weighted by atomic mass is 10.0. The number of nitrogens with zero attached hydrogens (tertiary/aromatic N) is 2. The average Bonchev–Trinajstić information content (AvgIpc) is 3.32. The molecule has 2 aromatic carbocycles. The fourth-order valence-electron chi connectivity index (χ4n) is 2.78. The van der Waals surface area contributed by atoms with E-state index < -0.39 is 5.91 Å². The molecule has 0 bridgehead atoms. The van der Waals surface area contributed by atoms with Gasteiger partial charge in [-0.3, -0.25) is 9.89 Å². The largest absolute Gasteiger partial charge is 0.507 e. The van der Waals surface area contributed by atoms with Crippen LogP contribution in [0.1, 0.15) is 21.8 Å². The van der Waals surface area contributed by atoms with Crippen molar-refractivity contribution >= 4 is 22.9 Å². The fourth-order valence-corrected chi connectivity index (χ4v) is 2.78. The minimum Gasteiger partial charge on any atom is -0.507 e.